The van der Waals surface area contributed by atoms with Crippen LogP contribution in [0.25, 0.3) is 0 Å². The summed E-state index contributed by atoms with van der Waals surface area (Å²) in [6.45, 7) is 4.54. The summed E-state index contributed by atoms with van der Waals surface area (Å²) < 4.78 is 0. The van der Waals surface area contributed by atoms with Crippen LogP contribution in [-0.2, 0) is 0 Å². The van der Waals surface area contributed by atoms with Crippen molar-refractivity contribution in [1.82, 2.24) is 9.97 Å². The van der Waals surface area contributed by atoms with E-state index < -0.39 is 0 Å². The second-order valence-corrected chi connectivity index (χ2v) is 4.54. The van der Waals surface area contributed by atoms with Gasteiger partial charge in [0.05, 0.1) is 12.4 Å². The van der Waals surface area contributed by atoms with Gasteiger partial charge in [-0.1, -0.05) is 6.92 Å². The fourth-order valence-corrected chi connectivity index (χ4v) is 2.12. The van der Waals surface area contributed by atoms with Gasteiger partial charge >= 0.3 is 0 Å². The maximum Gasteiger partial charge on any atom is 0.149 e. The number of anilines is 2. The third-order valence-electron chi connectivity index (χ3n) is 3.22. The Kier molecular flexibility index (Phi) is 3.59. The van der Waals surface area contributed by atoms with Gasteiger partial charge in [0, 0.05) is 20.1 Å². The van der Waals surface area contributed by atoms with Crippen LogP contribution in [0, 0.1) is 5.92 Å². The van der Waals surface area contributed by atoms with Crippen molar-refractivity contribution in [2.75, 3.05) is 30.4 Å². The Balaban J connectivity index is 2.10. The summed E-state index contributed by atoms with van der Waals surface area (Å²) >= 11 is 0. The highest BCUT2D eigenvalue weighted by Crippen LogP contribution is 2.21. The van der Waals surface area contributed by atoms with Crippen molar-refractivity contribution in [3.05, 3.63) is 12.4 Å². The van der Waals surface area contributed by atoms with Gasteiger partial charge in [-0.25, -0.2) is 4.98 Å². The van der Waals surface area contributed by atoms with Crippen molar-refractivity contribution >= 4 is 11.6 Å². The molecule has 1 unspecified atom stereocenters. The van der Waals surface area contributed by atoms with E-state index in [4.69, 9.17) is 0 Å². The predicted octanol–water partition coefficient (Wildman–Crippen LogP) is 2.14. The van der Waals surface area contributed by atoms with Crippen molar-refractivity contribution in [1.29, 1.82) is 0 Å². The molecule has 0 amide bonds. The Labute approximate surface area is 97.1 Å². The van der Waals surface area contributed by atoms with Crippen LogP contribution in [0.1, 0.15) is 26.2 Å². The van der Waals surface area contributed by atoms with Crippen LogP contribution >= 0.6 is 0 Å². The van der Waals surface area contributed by atoms with Crippen LogP contribution in [0.3, 0.4) is 0 Å². The lowest BCUT2D eigenvalue weighted by molar-refractivity contribution is 0.521. The highest BCUT2D eigenvalue weighted by molar-refractivity contribution is 5.43. The SMILES string of the molecule is CNc1cncc(N2CCCC(C)CC2)n1. The number of aromatic nitrogens is 2. The lowest BCUT2D eigenvalue weighted by Crippen LogP contribution is -2.25. The molecule has 1 aliphatic rings. The Morgan fingerprint density at radius 2 is 2.19 bits per heavy atom. The van der Waals surface area contributed by atoms with Gasteiger partial charge in [0.15, 0.2) is 0 Å². The van der Waals surface area contributed by atoms with Crippen LogP contribution in [0.4, 0.5) is 11.6 Å². The average Bonchev–Trinajstić information content (AvgIpc) is 2.54. The monoisotopic (exact) mass is 220 g/mol. The highest BCUT2D eigenvalue weighted by Gasteiger charge is 2.15. The van der Waals surface area contributed by atoms with Crippen molar-refractivity contribution < 1.29 is 0 Å². The first-order valence-electron chi connectivity index (χ1n) is 6.04. The largest absolute Gasteiger partial charge is 0.372 e. The van der Waals surface area contributed by atoms with Gasteiger partial charge in [0.1, 0.15) is 11.6 Å². The van der Waals surface area contributed by atoms with Gasteiger partial charge in [-0.3, -0.25) is 4.98 Å². The smallest absolute Gasteiger partial charge is 0.149 e. The number of nitrogens with zero attached hydrogens (tertiary/aromatic N) is 3. The maximum absolute atomic E-state index is 4.53. The molecule has 0 saturated carbocycles. The van der Waals surface area contributed by atoms with Crippen molar-refractivity contribution in [3.8, 4) is 0 Å². The number of rotatable bonds is 2. The van der Waals surface area contributed by atoms with Gasteiger partial charge in [0.25, 0.3) is 0 Å². The summed E-state index contributed by atoms with van der Waals surface area (Å²) in [5.41, 5.74) is 0. The molecule has 2 rings (SSSR count). The molecule has 0 radical (unpaired) electrons. The Hall–Kier alpha value is -1.32. The lowest BCUT2D eigenvalue weighted by atomic mass is 10.0. The molecule has 1 aromatic heterocycles. The van der Waals surface area contributed by atoms with E-state index in [0.717, 1.165) is 30.6 Å². The van der Waals surface area contributed by atoms with E-state index in [1.54, 1.807) is 6.20 Å². The summed E-state index contributed by atoms with van der Waals surface area (Å²) in [4.78, 5) is 11.1. The predicted molar refractivity (Wildman–Crippen MR) is 66.8 cm³/mol. The molecule has 1 aromatic rings. The standard InChI is InChI=1S/C12H20N4/c1-10-4-3-6-16(7-5-10)12-9-14-8-11(13-2)15-12/h8-10H,3-7H2,1-2H3,(H,13,15). The summed E-state index contributed by atoms with van der Waals surface area (Å²) in [7, 11) is 1.87. The van der Waals surface area contributed by atoms with Gasteiger partial charge in [-0.2, -0.15) is 0 Å². The molecule has 1 N–H and O–H groups in total. The molecule has 1 saturated heterocycles. The molecule has 88 valence electrons. The number of hydrogen-bond acceptors (Lipinski definition) is 4. The second kappa shape index (κ2) is 5.14. The van der Waals surface area contributed by atoms with Crippen LogP contribution in [0.15, 0.2) is 12.4 Å². The average molecular weight is 220 g/mol. The molecule has 2 heterocycles. The van der Waals surface area contributed by atoms with E-state index in [-0.39, 0.29) is 0 Å². The van der Waals surface area contributed by atoms with Gasteiger partial charge in [0.2, 0.25) is 0 Å². The van der Waals surface area contributed by atoms with Crippen LogP contribution < -0.4 is 10.2 Å². The van der Waals surface area contributed by atoms with E-state index >= 15 is 0 Å². The van der Waals surface area contributed by atoms with E-state index in [9.17, 15) is 0 Å². The molecule has 1 atom stereocenters. The summed E-state index contributed by atoms with van der Waals surface area (Å²) in [5, 5.41) is 3.03. The Morgan fingerprint density at radius 1 is 1.31 bits per heavy atom. The van der Waals surface area contributed by atoms with Crippen LogP contribution in [0.5, 0.6) is 0 Å². The minimum absolute atomic E-state index is 0.838. The first kappa shape index (κ1) is 11.2. The van der Waals surface area contributed by atoms with Crippen molar-refractivity contribution in [2.45, 2.75) is 26.2 Å². The Bertz CT molecular complexity index is 340. The van der Waals surface area contributed by atoms with Crippen molar-refractivity contribution in [3.63, 3.8) is 0 Å². The van der Waals surface area contributed by atoms with Crippen LogP contribution in [0.2, 0.25) is 0 Å². The summed E-state index contributed by atoms with van der Waals surface area (Å²) in [6, 6.07) is 0. The maximum atomic E-state index is 4.53. The lowest BCUT2D eigenvalue weighted by Gasteiger charge is -2.21. The minimum atomic E-state index is 0.838. The number of hydrogen-bond donors (Lipinski definition) is 1. The first-order valence-corrected chi connectivity index (χ1v) is 6.04. The quantitative estimate of drug-likeness (QED) is 0.829. The van der Waals surface area contributed by atoms with Gasteiger partial charge in [-0.15, -0.1) is 0 Å². The third kappa shape index (κ3) is 2.62. The number of nitrogens with one attached hydrogen (secondary N) is 1. The fourth-order valence-electron chi connectivity index (χ4n) is 2.12. The molecular weight excluding hydrogens is 200 g/mol. The van der Waals surface area contributed by atoms with E-state index in [1.807, 2.05) is 13.2 Å². The molecule has 16 heavy (non-hydrogen) atoms. The van der Waals surface area contributed by atoms with E-state index in [0.29, 0.717) is 0 Å². The second-order valence-electron chi connectivity index (χ2n) is 4.54. The molecule has 0 bridgehead atoms. The highest BCUT2D eigenvalue weighted by atomic mass is 15.2. The van der Waals surface area contributed by atoms with Crippen molar-refractivity contribution in [2.24, 2.45) is 5.92 Å². The third-order valence-corrected chi connectivity index (χ3v) is 3.22. The Morgan fingerprint density at radius 3 is 3.00 bits per heavy atom. The molecule has 0 aliphatic carbocycles. The zero-order chi connectivity index (χ0) is 11.4. The topological polar surface area (TPSA) is 41.1 Å². The normalized spacial score (nSPS) is 21.6. The minimum Gasteiger partial charge on any atom is -0.372 e. The molecule has 4 heteroatoms. The van der Waals surface area contributed by atoms with E-state index in [2.05, 4.69) is 27.1 Å². The van der Waals surface area contributed by atoms with Crippen LogP contribution in [-0.4, -0.2) is 30.1 Å². The first-order chi connectivity index (χ1) is 7.79. The zero-order valence-corrected chi connectivity index (χ0v) is 10.1. The van der Waals surface area contributed by atoms with Gasteiger partial charge < -0.3 is 10.2 Å². The molecule has 0 aromatic carbocycles. The molecule has 0 spiro atoms. The van der Waals surface area contributed by atoms with Gasteiger partial charge in [-0.05, 0) is 25.2 Å². The molecule has 1 fully saturated rings. The molecule has 1 aliphatic heterocycles. The zero-order valence-electron chi connectivity index (χ0n) is 10.1. The summed E-state index contributed by atoms with van der Waals surface area (Å²) in [6.07, 6.45) is 7.45. The molecule has 4 nitrogen and oxygen atoms in total. The summed E-state index contributed by atoms with van der Waals surface area (Å²) in [5.74, 6) is 2.68. The molecular formula is C12H20N4. The fraction of sp³-hybridized carbons (Fsp3) is 0.667. The van der Waals surface area contributed by atoms with E-state index in [1.165, 1.54) is 19.3 Å².